The highest BCUT2D eigenvalue weighted by Gasteiger charge is 2.30. The second-order valence-electron chi connectivity index (χ2n) is 5.08. The van der Waals surface area contributed by atoms with Crippen LogP contribution in [0, 0.1) is 0 Å². The van der Waals surface area contributed by atoms with Crippen molar-refractivity contribution >= 4 is 46.3 Å². The fourth-order valence-electron chi connectivity index (χ4n) is 2.03. The van der Waals surface area contributed by atoms with Gasteiger partial charge < -0.3 is 0 Å². The van der Waals surface area contributed by atoms with Crippen molar-refractivity contribution in [2.75, 3.05) is 0 Å². The molecule has 25 heavy (non-hydrogen) atoms. The summed E-state index contributed by atoms with van der Waals surface area (Å²) in [6, 6.07) is 10.4. The third-order valence-corrected chi connectivity index (χ3v) is 6.00. The van der Waals surface area contributed by atoms with Crippen LogP contribution in [0.15, 0.2) is 52.7 Å². The Hall–Kier alpha value is -1.21. The molecule has 0 atom stereocenters. The van der Waals surface area contributed by atoms with Gasteiger partial charge in [-0.05, 0) is 30.3 Å². The van der Waals surface area contributed by atoms with E-state index in [4.69, 9.17) is 23.2 Å². The Bertz CT molecular complexity index is 876. The zero-order valence-electron chi connectivity index (χ0n) is 12.5. The lowest BCUT2D eigenvalue weighted by atomic mass is 10.1. The molecule has 0 N–H and O–H groups in total. The molecule has 0 aliphatic rings. The number of rotatable bonds is 4. The molecule has 3 aromatic rings. The first-order valence-electron chi connectivity index (χ1n) is 7.03. The van der Waals surface area contributed by atoms with E-state index in [1.165, 1.54) is 23.5 Å². The van der Waals surface area contributed by atoms with E-state index in [9.17, 15) is 13.2 Å². The molecule has 0 bridgehead atoms. The van der Waals surface area contributed by atoms with Gasteiger partial charge in [0.1, 0.15) is 5.01 Å². The minimum atomic E-state index is -4.33. The lowest BCUT2D eigenvalue weighted by Gasteiger charge is -2.06. The lowest BCUT2D eigenvalue weighted by Crippen LogP contribution is -2.03. The predicted molar refractivity (Wildman–Crippen MR) is 98.6 cm³/mol. The molecule has 8 heteroatoms. The van der Waals surface area contributed by atoms with E-state index in [2.05, 4.69) is 4.98 Å². The number of hydrogen-bond acceptors (Lipinski definition) is 3. The highest BCUT2D eigenvalue weighted by molar-refractivity contribution is 7.98. The third kappa shape index (κ3) is 4.70. The first-order valence-corrected chi connectivity index (χ1v) is 9.65. The molecule has 3 rings (SSSR count). The maximum atomic E-state index is 12.6. The van der Waals surface area contributed by atoms with Crippen molar-refractivity contribution in [3.05, 3.63) is 69.1 Å². The van der Waals surface area contributed by atoms with Gasteiger partial charge in [-0.1, -0.05) is 35.3 Å². The summed E-state index contributed by atoms with van der Waals surface area (Å²) < 4.78 is 37.8. The Morgan fingerprint density at radius 3 is 2.36 bits per heavy atom. The number of thioether (sulfide) groups is 1. The van der Waals surface area contributed by atoms with Gasteiger partial charge in [0.2, 0.25) is 0 Å². The minimum absolute atomic E-state index is 0.496. The van der Waals surface area contributed by atoms with E-state index >= 15 is 0 Å². The average molecular weight is 420 g/mol. The van der Waals surface area contributed by atoms with Crippen molar-refractivity contribution in [1.29, 1.82) is 0 Å². The quantitative estimate of drug-likeness (QED) is 0.407. The van der Waals surface area contributed by atoms with Gasteiger partial charge in [-0.3, -0.25) is 0 Å². The molecule has 1 heterocycles. The van der Waals surface area contributed by atoms with Crippen LogP contribution in [0.25, 0.3) is 10.6 Å². The largest absolute Gasteiger partial charge is 0.416 e. The number of nitrogens with zero attached hydrogens (tertiary/aromatic N) is 1. The van der Waals surface area contributed by atoms with Crippen molar-refractivity contribution < 1.29 is 13.2 Å². The Kier molecular flexibility index (Phi) is 5.63. The first-order chi connectivity index (χ1) is 11.8. The number of halogens is 5. The number of thiazole rings is 1. The lowest BCUT2D eigenvalue weighted by molar-refractivity contribution is -0.137. The fourth-order valence-corrected chi connectivity index (χ4v) is 4.15. The SMILES string of the molecule is FC(F)(F)c1ccc(-c2nc(CSc3ccc(Cl)c(Cl)c3)cs2)cc1. The van der Waals surface area contributed by atoms with Gasteiger partial charge in [-0.25, -0.2) is 4.98 Å². The van der Waals surface area contributed by atoms with Crippen LogP contribution in [0.1, 0.15) is 11.3 Å². The molecule has 0 saturated heterocycles. The monoisotopic (exact) mass is 419 g/mol. The van der Waals surface area contributed by atoms with Crippen LogP contribution in [0.2, 0.25) is 10.0 Å². The van der Waals surface area contributed by atoms with E-state index < -0.39 is 11.7 Å². The number of benzene rings is 2. The fraction of sp³-hybridized carbons (Fsp3) is 0.118. The Morgan fingerprint density at radius 1 is 1.00 bits per heavy atom. The van der Waals surface area contributed by atoms with Crippen molar-refractivity contribution in [2.24, 2.45) is 0 Å². The van der Waals surface area contributed by atoms with E-state index in [1.54, 1.807) is 23.9 Å². The summed E-state index contributed by atoms with van der Waals surface area (Å²) in [6.45, 7) is 0. The van der Waals surface area contributed by atoms with Gasteiger partial charge in [-0.15, -0.1) is 23.1 Å². The molecule has 1 nitrogen and oxygen atoms in total. The Balaban J connectivity index is 1.68. The van der Waals surface area contributed by atoms with E-state index in [1.807, 2.05) is 11.4 Å². The number of alkyl halides is 3. The standard InChI is InChI=1S/C17H10Cl2F3NS2/c18-14-6-5-13(7-15(14)19)24-8-12-9-25-16(23-12)10-1-3-11(4-2-10)17(20,21)22/h1-7,9H,8H2. The maximum Gasteiger partial charge on any atom is 0.416 e. The minimum Gasteiger partial charge on any atom is -0.240 e. The van der Waals surface area contributed by atoms with Crippen LogP contribution in [0.5, 0.6) is 0 Å². The van der Waals surface area contributed by atoms with Crippen LogP contribution >= 0.6 is 46.3 Å². The summed E-state index contributed by atoms with van der Waals surface area (Å²) in [5.41, 5.74) is 0.864. The molecule has 1 aromatic heterocycles. The summed E-state index contributed by atoms with van der Waals surface area (Å²) in [4.78, 5) is 5.46. The van der Waals surface area contributed by atoms with Gasteiger partial charge in [0.25, 0.3) is 0 Å². The smallest absolute Gasteiger partial charge is 0.240 e. The van der Waals surface area contributed by atoms with Gasteiger partial charge in [-0.2, -0.15) is 13.2 Å². The van der Waals surface area contributed by atoms with Crippen molar-refractivity contribution in [2.45, 2.75) is 16.8 Å². The molecule has 0 amide bonds. The third-order valence-electron chi connectivity index (χ3n) is 3.29. The summed E-state index contributed by atoms with van der Waals surface area (Å²) in [5.74, 6) is 0.634. The van der Waals surface area contributed by atoms with E-state index in [0.29, 0.717) is 26.4 Å². The second kappa shape index (κ2) is 7.58. The van der Waals surface area contributed by atoms with E-state index in [-0.39, 0.29) is 0 Å². The van der Waals surface area contributed by atoms with Gasteiger partial charge in [0.05, 0.1) is 21.3 Å². The van der Waals surface area contributed by atoms with Gasteiger partial charge >= 0.3 is 6.18 Å². The molecular weight excluding hydrogens is 410 g/mol. The molecular formula is C17H10Cl2F3NS2. The highest BCUT2D eigenvalue weighted by Crippen LogP contribution is 2.33. The maximum absolute atomic E-state index is 12.6. The molecule has 130 valence electrons. The summed E-state index contributed by atoms with van der Waals surface area (Å²) in [5, 5.41) is 3.59. The Labute approximate surface area is 160 Å². The predicted octanol–water partition coefficient (Wildman–Crippen LogP) is 7.43. The molecule has 0 spiro atoms. The molecule has 0 unspecified atom stereocenters. The molecule has 0 radical (unpaired) electrons. The molecule has 2 aromatic carbocycles. The molecule has 0 aliphatic heterocycles. The zero-order chi connectivity index (χ0) is 18.0. The number of hydrogen-bond donors (Lipinski definition) is 0. The molecule has 0 aliphatic carbocycles. The second-order valence-corrected chi connectivity index (χ2v) is 7.80. The zero-order valence-corrected chi connectivity index (χ0v) is 15.6. The van der Waals surface area contributed by atoms with E-state index in [0.717, 1.165) is 22.7 Å². The highest BCUT2D eigenvalue weighted by atomic mass is 35.5. The summed E-state index contributed by atoms with van der Waals surface area (Å²) >= 11 is 14.8. The molecule has 0 saturated carbocycles. The normalized spacial score (nSPS) is 11.7. The van der Waals surface area contributed by atoms with Crippen molar-refractivity contribution in [3.8, 4) is 10.6 Å². The first kappa shape index (κ1) is 18.6. The average Bonchev–Trinajstić information content (AvgIpc) is 3.04. The van der Waals surface area contributed by atoms with Crippen molar-refractivity contribution in [3.63, 3.8) is 0 Å². The van der Waals surface area contributed by atoms with Crippen LogP contribution in [-0.2, 0) is 11.9 Å². The van der Waals surface area contributed by atoms with Gasteiger partial charge in [0, 0.05) is 21.6 Å². The van der Waals surface area contributed by atoms with Crippen molar-refractivity contribution in [1.82, 2.24) is 4.98 Å². The van der Waals surface area contributed by atoms with Crippen LogP contribution < -0.4 is 0 Å². The summed E-state index contributed by atoms with van der Waals surface area (Å²) in [6.07, 6.45) is -4.33. The number of aromatic nitrogens is 1. The van der Waals surface area contributed by atoms with Gasteiger partial charge in [0.15, 0.2) is 0 Å². The van der Waals surface area contributed by atoms with Crippen LogP contribution in [0.3, 0.4) is 0 Å². The summed E-state index contributed by atoms with van der Waals surface area (Å²) in [7, 11) is 0. The van der Waals surface area contributed by atoms with Crippen LogP contribution in [-0.4, -0.2) is 4.98 Å². The molecule has 0 fully saturated rings. The Morgan fingerprint density at radius 2 is 1.72 bits per heavy atom. The van der Waals surface area contributed by atoms with Crippen LogP contribution in [0.4, 0.5) is 13.2 Å². The topological polar surface area (TPSA) is 12.9 Å².